The number of ether oxygens (including phenoxy) is 2. The molecule has 0 bridgehead atoms. The predicted molar refractivity (Wildman–Crippen MR) is 101 cm³/mol. The van der Waals surface area contributed by atoms with E-state index in [0.717, 1.165) is 22.6 Å². The van der Waals surface area contributed by atoms with Crippen LogP contribution in [0.25, 0.3) is 0 Å². The van der Waals surface area contributed by atoms with Gasteiger partial charge >= 0.3 is 0 Å². The van der Waals surface area contributed by atoms with Crippen molar-refractivity contribution in [1.29, 1.82) is 0 Å². The lowest BCUT2D eigenvalue weighted by Gasteiger charge is -2.20. The fourth-order valence-corrected chi connectivity index (χ4v) is 2.93. The van der Waals surface area contributed by atoms with Gasteiger partial charge in [-0.3, -0.25) is 0 Å². The van der Waals surface area contributed by atoms with E-state index in [1.807, 2.05) is 62.4 Å². The molecule has 0 N–H and O–H groups in total. The molecule has 0 saturated heterocycles. The summed E-state index contributed by atoms with van der Waals surface area (Å²) in [7, 11) is -0.124. The van der Waals surface area contributed by atoms with Crippen LogP contribution in [-0.4, -0.2) is 33.2 Å². The third-order valence-corrected chi connectivity index (χ3v) is 4.70. The normalized spacial score (nSPS) is 10.8. The molecule has 0 fully saturated rings. The van der Waals surface area contributed by atoms with E-state index in [4.69, 9.17) is 9.47 Å². The Morgan fingerprint density at radius 1 is 0.760 bits per heavy atom. The molecule has 0 spiro atoms. The molecular formula is C19H27NO4S. The van der Waals surface area contributed by atoms with Gasteiger partial charge in [0.25, 0.3) is 0 Å². The Bertz CT molecular complexity index is 676. The highest BCUT2D eigenvalue weighted by Gasteiger charge is 2.17. The van der Waals surface area contributed by atoms with Gasteiger partial charge in [-0.1, -0.05) is 38.1 Å². The molecule has 0 heterocycles. The molecule has 2 aromatic rings. The third kappa shape index (κ3) is 6.76. The largest absolute Gasteiger partial charge is 0.497 e. The average Bonchev–Trinajstić information content (AvgIpc) is 2.63. The van der Waals surface area contributed by atoms with Crippen molar-refractivity contribution in [3.63, 3.8) is 0 Å². The average molecular weight is 365 g/mol. The zero-order chi connectivity index (χ0) is 18.9. The van der Waals surface area contributed by atoms with E-state index in [1.54, 1.807) is 14.2 Å². The second-order valence-electron chi connectivity index (χ2n) is 5.23. The van der Waals surface area contributed by atoms with Crippen molar-refractivity contribution in [3.05, 3.63) is 59.7 Å². The molecule has 25 heavy (non-hydrogen) atoms. The van der Waals surface area contributed by atoms with Crippen LogP contribution in [0.4, 0.5) is 0 Å². The molecule has 0 aromatic heterocycles. The molecule has 0 radical (unpaired) electrons. The van der Waals surface area contributed by atoms with Crippen molar-refractivity contribution in [2.45, 2.75) is 26.9 Å². The number of nitrogens with zero attached hydrogens (tertiary/aromatic N) is 1. The van der Waals surface area contributed by atoms with Crippen LogP contribution >= 0.6 is 0 Å². The van der Waals surface area contributed by atoms with Crippen LogP contribution < -0.4 is 9.47 Å². The van der Waals surface area contributed by atoms with Gasteiger partial charge in [0, 0.05) is 13.1 Å². The van der Waals surface area contributed by atoms with Crippen LogP contribution in [-0.2, 0) is 23.1 Å². The second-order valence-corrected chi connectivity index (χ2v) is 7.21. The first-order valence-electron chi connectivity index (χ1n) is 8.13. The van der Waals surface area contributed by atoms with Crippen LogP contribution in [0.2, 0.25) is 0 Å². The Hall–Kier alpha value is -2.05. The molecule has 0 unspecified atom stereocenters. The fourth-order valence-electron chi connectivity index (χ4n) is 2.16. The molecule has 138 valence electrons. The van der Waals surface area contributed by atoms with E-state index in [0.29, 0.717) is 13.1 Å². The fraction of sp³-hybridized carbons (Fsp3) is 0.368. The summed E-state index contributed by atoms with van der Waals surface area (Å²) in [5.74, 6) is 1.49. The lowest BCUT2D eigenvalue weighted by atomic mass is 10.2. The maximum atomic E-state index is 12.1. The minimum absolute atomic E-state index is 0.314. The highest BCUT2D eigenvalue weighted by molar-refractivity contribution is 7.88. The first-order chi connectivity index (χ1) is 11.9. The molecular weight excluding hydrogens is 338 g/mol. The number of sulfonamides is 1. The molecule has 0 saturated carbocycles. The summed E-state index contributed by atoms with van der Waals surface area (Å²) in [6.45, 7) is 4.63. The minimum Gasteiger partial charge on any atom is -0.497 e. The van der Waals surface area contributed by atoms with Crippen molar-refractivity contribution in [1.82, 2.24) is 4.31 Å². The summed E-state index contributed by atoms with van der Waals surface area (Å²) in [6, 6.07) is 14.8. The highest BCUT2D eigenvalue weighted by Crippen LogP contribution is 2.18. The summed E-state index contributed by atoms with van der Waals surface area (Å²) in [5, 5.41) is 0. The summed E-state index contributed by atoms with van der Waals surface area (Å²) < 4.78 is 35.8. The van der Waals surface area contributed by atoms with E-state index in [2.05, 4.69) is 0 Å². The number of hydrogen-bond donors (Lipinski definition) is 0. The topological polar surface area (TPSA) is 55.8 Å². The standard InChI is InChI=1S/C17H21NO4S.C2H6/c1-21-16-8-4-14(5-9-16)12-18(23(3,19)20)13-15-6-10-17(22-2)11-7-15;1-2/h4-11H,12-13H2,1-3H3;1-2H3. The van der Waals surface area contributed by atoms with Gasteiger partial charge in [-0.25, -0.2) is 8.42 Å². The number of methoxy groups -OCH3 is 2. The van der Waals surface area contributed by atoms with E-state index >= 15 is 0 Å². The van der Waals surface area contributed by atoms with Crippen molar-refractivity contribution in [2.24, 2.45) is 0 Å². The Morgan fingerprint density at radius 2 is 1.08 bits per heavy atom. The van der Waals surface area contributed by atoms with Gasteiger partial charge in [0.2, 0.25) is 10.0 Å². The molecule has 0 aliphatic carbocycles. The first kappa shape index (κ1) is 21.0. The van der Waals surface area contributed by atoms with E-state index in [9.17, 15) is 8.42 Å². The molecule has 2 rings (SSSR count). The maximum Gasteiger partial charge on any atom is 0.211 e. The van der Waals surface area contributed by atoms with Gasteiger partial charge < -0.3 is 9.47 Å². The van der Waals surface area contributed by atoms with Gasteiger partial charge in [0.15, 0.2) is 0 Å². The zero-order valence-corrected chi connectivity index (χ0v) is 16.3. The van der Waals surface area contributed by atoms with E-state index in [1.165, 1.54) is 10.6 Å². The summed E-state index contributed by atoms with van der Waals surface area (Å²) in [6.07, 6.45) is 1.22. The number of hydrogen-bond acceptors (Lipinski definition) is 4. The molecule has 0 atom stereocenters. The number of benzene rings is 2. The van der Waals surface area contributed by atoms with Gasteiger partial charge in [-0.15, -0.1) is 0 Å². The molecule has 2 aromatic carbocycles. The van der Waals surface area contributed by atoms with Gasteiger partial charge in [-0.2, -0.15) is 4.31 Å². The Kier molecular flexibility index (Phi) is 8.45. The SMILES string of the molecule is CC.COc1ccc(CN(Cc2ccc(OC)cc2)S(C)(=O)=O)cc1. The van der Waals surface area contributed by atoms with E-state index < -0.39 is 10.0 Å². The van der Waals surface area contributed by atoms with Crippen LogP contribution in [0.1, 0.15) is 25.0 Å². The van der Waals surface area contributed by atoms with Crippen molar-refractivity contribution in [2.75, 3.05) is 20.5 Å². The minimum atomic E-state index is -3.32. The Balaban J connectivity index is 0.00000151. The molecule has 6 heteroatoms. The van der Waals surface area contributed by atoms with Crippen molar-refractivity contribution < 1.29 is 17.9 Å². The van der Waals surface area contributed by atoms with Crippen LogP contribution in [0.15, 0.2) is 48.5 Å². The summed E-state index contributed by atoms with van der Waals surface area (Å²) >= 11 is 0. The van der Waals surface area contributed by atoms with Gasteiger partial charge in [0.05, 0.1) is 20.5 Å². The first-order valence-corrected chi connectivity index (χ1v) is 9.98. The predicted octanol–water partition coefficient (Wildman–Crippen LogP) is 3.69. The van der Waals surface area contributed by atoms with Crippen molar-refractivity contribution in [3.8, 4) is 11.5 Å². The smallest absolute Gasteiger partial charge is 0.211 e. The summed E-state index contributed by atoms with van der Waals surface area (Å²) in [5.41, 5.74) is 1.81. The molecule has 0 aliphatic rings. The second kappa shape index (κ2) is 10.1. The number of rotatable bonds is 7. The summed E-state index contributed by atoms with van der Waals surface area (Å²) in [4.78, 5) is 0. The Morgan fingerprint density at radius 3 is 1.32 bits per heavy atom. The molecule has 0 aliphatic heterocycles. The van der Waals surface area contributed by atoms with Crippen LogP contribution in [0.5, 0.6) is 11.5 Å². The van der Waals surface area contributed by atoms with Gasteiger partial charge in [-0.05, 0) is 35.4 Å². The lowest BCUT2D eigenvalue weighted by molar-refractivity contribution is 0.401. The molecule has 5 nitrogen and oxygen atoms in total. The molecule has 0 amide bonds. The third-order valence-electron chi connectivity index (χ3n) is 3.50. The quantitative estimate of drug-likeness (QED) is 0.751. The van der Waals surface area contributed by atoms with Crippen LogP contribution in [0.3, 0.4) is 0 Å². The van der Waals surface area contributed by atoms with Gasteiger partial charge in [0.1, 0.15) is 11.5 Å². The lowest BCUT2D eigenvalue weighted by Crippen LogP contribution is -2.29. The van der Waals surface area contributed by atoms with Crippen LogP contribution in [0, 0.1) is 0 Å². The Labute approximate surface area is 151 Å². The maximum absolute atomic E-state index is 12.1. The highest BCUT2D eigenvalue weighted by atomic mass is 32.2. The monoisotopic (exact) mass is 365 g/mol. The van der Waals surface area contributed by atoms with Crippen molar-refractivity contribution >= 4 is 10.0 Å². The zero-order valence-electron chi connectivity index (χ0n) is 15.5. The van der Waals surface area contributed by atoms with E-state index in [-0.39, 0.29) is 0 Å².